The van der Waals surface area contributed by atoms with Crippen molar-refractivity contribution in [2.24, 2.45) is 0 Å². The highest BCUT2D eigenvalue weighted by Crippen LogP contribution is 2.17. The molecule has 1 aromatic heterocycles. The van der Waals surface area contributed by atoms with Crippen molar-refractivity contribution in [1.29, 1.82) is 0 Å². The van der Waals surface area contributed by atoms with Crippen LogP contribution < -0.4 is 5.32 Å². The van der Waals surface area contributed by atoms with Crippen LogP contribution in [0.3, 0.4) is 0 Å². The van der Waals surface area contributed by atoms with Crippen LogP contribution in [0, 0.1) is 0 Å². The van der Waals surface area contributed by atoms with Crippen LogP contribution in [0.1, 0.15) is 24.8 Å². The van der Waals surface area contributed by atoms with Gasteiger partial charge in [0, 0.05) is 11.5 Å². The lowest BCUT2D eigenvalue weighted by Crippen LogP contribution is -2.29. The number of thiophene rings is 1. The summed E-state index contributed by atoms with van der Waals surface area (Å²) in [5.41, 5.74) is 0. The van der Waals surface area contributed by atoms with Crippen molar-refractivity contribution in [3.05, 3.63) is 22.4 Å². The SMILES string of the molecule is CCOCC(=O)N[C@@H](C)c1cccs1. The first-order valence-corrected chi connectivity index (χ1v) is 5.52. The van der Waals surface area contributed by atoms with Crippen LogP contribution in [-0.4, -0.2) is 19.1 Å². The van der Waals surface area contributed by atoms with Gasteiger partial charge in [0.15, 0.2) is 0 Å². The van der Waals surface area contributed by atoms with E-state index in [1.807, 2.05) is 31.4 Å². The van der Waals surface area contributed by atoms with E-state index < -0.39 is 0 Å². The summed E-state index contributed by atoms with van der Waals surface area (Å²) in [6.45, 7) is 4.55. The third-order valence-electron chi connectivity index (χ3n) is 1.78. The molecule has 1 aromatic rings. The van der Waals surface area contributed by atoms with Crippen molar-refractivity contribution in [1.82, 2.24) is 5.32 Å². The van der Waals surface area contributed by atoms with Gasteiger partial charge in [0.2, 0.25) is 5.91 Å². The molecule has 0 spiro atoms. The van der Waals surface area contributed by atoms with E-state index in [-0.39, 0.29) is 18.6 Å². The smallest absolute Gasteiger partial charge is 0.246 e. The van der Waals surface area contributed by atoms with Crippen molar-refractivity contribution in [3.8, 4) is 0 Å². The molecule has 0 fully saturated rings. The number of hydrogen-bond donors (Lipinski definition) is 1. The minimum Gasteiger partial charge on any atom is -0.372 e. The monoisotopic (exact) mass is 213 g/mol. The van der Waals surface area contributed by atoms with E-state index in [0.29, 0.717) is 6.61 Å². The van der Waals surface area contributed by atoms with Gasteiger partial charge in [-0.15, -0.1) is 11.3 Å². The molecule has 0 saturated carbocycles. The fraction of sp³-hybridized carbons (Fsp3) is 0.500. The maximum atomic E-state index is 11.3. The molecule has 0 aliphatic rings. The lowest BCUT2D eigenvalue weighted by Gasteiger charge is -2.11. The molecule has 1 amide bonds. The third kappa shape index (κ3) is 3.47. The summed E-state index contributed by atoms with van der Waals surface area (Å²) in [5, 5.41) is 4.86. The number of ether oxygens (including phenoxy) is 1. The Kier molecular flexibility index (Phi) is 4.62. The molecule has 0 unspecified atom stereocenters. The molecule has 1 atom stereocenters. The van der Waals surface area contributed by atoms with Crippen LogP contribution in [0.2, 0.25) is 0 Å². The molecular weight excluding hydrogens is 198 g/mol. The van der Waals surface area contributed by atoms with Crippen LogP contribution in [0.15, 0.2) is 17.5 Å². The molecule has 1 heterocycles. The summed E-state index contributed by atoms with van der Waals surface area (Å²) < 4.78 is 5.00. The van der Waals surface area contributed by atoms with Gasteiger partial charge in [0.25, 0.3) is 0 Å². The highest BCUT2D eigenvalue weighted by Gasteiger charge is 2.09. The molecule has 0 aromatic carbocycles. The summed E-state index contributed by atoms with van der Waals surface area (Å²) >= 11 is 1.64. The number of nitrogens with one attached hydrogen (secondary N) is 1. The molecule has 0 radical (unpaired) electrons. The Balaban J connectivity index is 2.33. The van der Waals surface area contributed by atoms with E-state index in [2.05, 4.69) is 5.32 Å². The third-order valence-corrected chi connectivity index (χ3v) is 2.84. The molecule has 0 saturated heterocycles. The quantitative estimate of drug-likeness (QED) is 0.812. The Morgan fingerprint density at radius 1 is 1.71 bits per heavy atom. The van der Waals surface area contributed by atoms with Crippen molar-refractivity contribution in [2.75, 3.05) is 13.2 Å². The second-order valence-electron chi connectivity index (χ2n) is 2.94. The molecule has 0 bridgehead atoms. The van der Waals surface area contributed by atoms with Crippen molar-refractivity contribution in [3.63, 3.8) is 0 Å². The topological polar surface area (TPSA) is 38.3 Å². The van der Waals surface area contributed by atoms with E-state index in [1.54, 1.807) is 11.3 Å². The summed E-state index contributed by atoms with van der Waals surface area (Å²) in [4.78, 5) is 12.4. The first-order chi connectivity index (χ1) is 6.74. The summed E-state index contributed by atoms with van der Waals surface area (Å²) in [6, 6.07) is 4.06. The molecule has 14 heavy (non-hydrogen) atoms. The fourth-order valence-corrected chi connectivity index (χ4v) is 1.82. The van der Waals surface area contributed by atoms with E-state index in [0.717, 1.165) is 4.88 Å². The fourth-order valence-electron chi connectivity index (χ4n) is 1.09. The number of carbonyl (C=O) groups excluding carboxylic acids is 1. The van der Waals surface area contributed by atoms with Gasteiger partial charge in [-0.3, -0.25) is 4.79 Å². The molecule has 4 heteroatoms. The zero-order valence-corrected chi connectivity index (χ0v) is 9.26. The van der Waals surface area contributed by atoms with Gasteiger partial charge >= 0.3 is 0 Å². The maximum Gasteiger partial charge on any atom is 0.246 e. The standard InChI is InChI=1S/C10H15NO2S/c1-3-13-7-10(12)11-8(2)9-5-4-6-14-9/h4-6,8H,3,7H2,1-2H3,(H,11,12)/t8-/m0/s1. The minimum absolute atomic E-state index is 0.0623. The second-order valence-corrected chi connectivity index (χ2v) is 3.92. The van der Waals surface area contributed by atoms with Gasteiger partial charge in [0.1, 0.15) is 6.61 Å². The summed E-state index contributed by atoms with van der Waals surface area (Å²) in [5.74, 6) is -0.0623. The van der Waals surface area contributed by atoms with Crippen molar-refractivity contribution >= 4 is 17.2 Å². The maximum absolute atomic E-state index is 11.3. The predicted molar refractivity (Wildman–Crippen MR) is 57.4 cm³/mol. The molecule has 0 aliphatic carbocycles. The number of rotatable bonds is 5. The average Bonchev–Trinajstić information content (AvgIpc) is 2.67. The van der Waals surface area contributed by atoms with Crippen LogP contribution in [0.4, 0.5) is 0 Å². The van der Waals surface area contributed by atoms with Gasteiger partial charge in [-0.2, -0.15) is 0 Å². The van der Waals surface area contributed by atoms with Crippen LogP contribution in [0.5, 0.6) is 0 Å². The van der Waals surface area contributed by atoms with Crippen molar-refractivity contribution < 1.29 is 9.53 Å². The minimum atomic E-state index is -0.0623. The average molecular weight is 213 g/mol. The Morgan fingerprint density at radius 3 is 3.07 bits per heavy atom. The van der Waals surface area contributed by atoms with Gasteiger partial charge in [-0.25, -0.2) is 0 Å². The van der Waals surface area contributed by atoms with Gasteiger partial charge in [-0.05, 0) is 25.3 Å². The van der Waals surface area contributed by atoms with Crippen LogP contribution in [0.25, 0.3) is 0 Å². The molecular formula is C10H15NO2S. The van der Waals surface area contributed by atoms with E-state index >= 15 is 0 Å². The van der Waals surface area contributed by atoms with Gasteiger partial charge < -0.3 is 10.1 Å². The lowest BCUT2D eigenvalue weighted by atomic mass is 10.3. The van der Waals surface area contributed by atoms with Crippen molar-refractivity contribution in [2.45, 2.75) is 19.9 Å². The zero-order chi connectivity index (χ0) is 10.4. The second kappa shape index (κ2) is 5.78. The first-order valence-electron chi connectivity index (χ1n) is 4.64. The number of carbonyl (C=O) groups is 1. The Labute approximate surface area is 88.1 Å². The zero-order valence-electron chi connectivity index (χ0n) is 8.45. The summed E-state index contributed by atoms with van der Waals surface area (Å²) in [7, 11) is 0. The lowest BCUT2D eigenvalue weighted by molar-refractivity contribution is -0.126. The predicted octanol–water partition coefficient (Wildman–Crippen LogP) is 1.96. The largest absolute Gasteiger partial charge is 0.372 e. The van der Waals surface area contributed by atoms with Crippen LogP contribution >= 0.6 is 11.3 Å². The Hall–Kier alpha value is -0.870. The summed E-state index contributed by atoms with van der Waals surface area (Å²) in [6.07, 6.45) is 0. The van der Waals surface area contributed by atoms with Gasteiger partial charge in [-0.1, -0.05) is 6.07 Å². The van der Waals surface area contributed by atoms with Crippen LogP contribution in [-0.2, 0) is 9.53 Å². The molecule has 3 nitrogen and oxygen atoms in total. The molecule has 1 rings (SSSR count). The molecule has 78 valence electrons. The highest BCUT2D eigenvalue weighted by molar-refractivity contribution is 7.10. The van der Waals surface area contributed by atoms with E-state index in [9.17, 15) is 4.79 Å². The number of hydrogen-bond acceptors (Lipinski definition) is 3. The Bertz CT molecular complexity index is 272. The molecule has 1 N–H and O–H groups in total. The normalized spacial score (nSPS) is 12.4. The van der Waals surface area contributed by atoms with E-state index in [4.69, 9.17) is 4.74 Å². The Morgan fingerprint density at radius 2 is 2.50 bits per heavy atom. The highest BCUT2D eigenvalue weighted by atomic mass is 32.1. The van der Waals surface area contributed by atoms with Gasteiger partial charge in [0.05, 0.1) is 6.04 Å². The van der Waals surface area contributed by atoms with E-state index in [1.165, 1.54) is 0 Å². The number of amides is 1. The molecule has 0 aliphatic heterocycles. The first kappa shape index (κ1) is 11.2.